The molecule has 1 aromatic rings. The topological polar surface area (TPSA) is 41.6 Å². The van der Waals surface area contributed by atoms with Gasteiger partial charge in [-0.25, -0.2) is 4.79 Å². The molecule has 112 valence electrons. The molecule has 0 aliphatic carbocycles. The Kier molecular flexibility index (Phi) is 6.91. The van der Waals surface area contributed by atoms with Crippen LogP contribution in [0.4, 0.5) is 4.79 Å². The fourth-order valence-corrected chi connectivity index (χ4v) is 2.09. The van der Waals surface area contributed by atoms with Crippen LogP contribution in [-0.4, -0.2) is 37.2 Å². The predicted molar refractivity (Wildman–Crippen MR) is 82.3 cm³/mol. The smallest absolute Gasteiger partial charge is 0.317 e. The molecule has 0 atom stereocenters. The Hall–Kier alpha value is -1.71. The van der Waals surface area contributed by atoms with Crippen LogP contribution in [0.25, 0.3) is 0 Å². The largest absolute Gasteiger partial charge is 0.493 e. The lowest BCUT2D eigenvalue weighted by Crippen LogP contribution is -2.40. The molecule has 0 saturated heterocycles. The number of amides is 2. The molecule has 0 radical (unpaired) electrons. The Morgan fingerprint density at radius 2 is 1.80 bits per heavy atom. The first-order chi connectivity index (χ1) is 9.60. The highest BCUT2D eigenvalue weighted by Gasteiger charge is 2.07. The molecule has 4 heteroatoms. The van der Waals surface area contributed by atoms with Crippen molar-refractivity contribution in [3.8, 4) is 5.75 Å². The number of hydrogen-bond donors (Lipinski definition) is 1. The van der Waals surface area contributed by atoms with Crippen molar-refractivity contribution in [3.63, 3.8) is 0 Å². The van der Waals surface area contributed by atoms with Gasteiger partial charge in [0.1, 0.15) is 5.75 Å². The number of urea groups is 1. The van der Waals surface area contributed by atoms with E-state index in [1.54, 1.807) is 4.90 Å². The third-order valence-electron chi connectivity index (χ3n) is 3.30. The average molecular weight is 278 g/mol. The van der Waals surface area contributed by atoms with E-state index in [9.17, 15) is 4.79 Å². The quantitative estimate of drug-likeness (QED) is 0.779. The van der Waals surface area contributed by atoms with Crippen molar-refractivity contribution in [2.45, 2.75) is 34.1 Å². The molecule has 1 N–H and O–H groups in total. The van der Waals surface area contributed by atoms with Gasteiger partial charge in [0.2, 0.25) is 0 Å². The van der Waals surface area contributed by atoms with E-state index in [0.29, 0.717) is 13.2 Å². The average Bonchev–Trinajstić information content (AvgIpc) is 2.42. The zero-order valence-electron chi connectivity index (χ0n) is 13.0. The molecule has 0 aliphatic heterocycles. The van der Waals surface area contributed by atoms with Gasteiger partial charge in [-0.3, -0.25) is 0 Å². The van der Waals surface area contributed by atoms with Gasteiger partial charge in [-0.1, -0.05) is 18.2 Å². The van der Waals surface area contributed by atoms with Gasteiger partial charge in [-0.2, -0.15) is 0 Å². The molecule has 0 unspecified atom stereocenters. The van der Waals surface area contributed by atoms with Crippen LogP contribution < -0.4 is 10.1 Å². The highest BCUT2D eigenvalue weighted by molar-refractivity contribution is 5.73. The number of rotatable bonds is 7. The zero-order valence-corrected chi connectivity index (χ0v) is 13.0. The van der Waals surface area contributed by atoms with Crippen LogP contribution in [0, 0.1) is 13.8 Å². The second-order valence-corrected chi connectivity index (χ2v) is 4.83. The molecule has 0 saturated carbocycles. The summed E-state index contributed by atoms with van der Waals surface area (Å²) in [6.45, 7) is 10.8. The first kappa shape index (κ1) is 16.3. The van der Waals surface area contributed by atoms with Crippen molar-refractivity contribution < 1.29 is 9.53 Å². The highest BCUT2D eigenvalue weighted by atomic mass is 16.5. The Morgan fingerprint density at radius 3 is 2.35 bits per heavy atom. The molecular formula is C16H26N2O2. The lowest BCUT2D eigenvalue weighted by atomic mass is 10.1. The lowest BCUT2D eigenvalue weighted by molar-refractivity contribution is 0.202. The van der Waals surface area contributed by atoms with Gasteiger partial charge >= 0.3 is 6.03 Å². The summed E-state index contributed by atoms with van der Waals surface area (Å²) in [6.07, 6.45) is 0.806. The van der Waals surface area contributed by atoms with E-state index >= 15 is 0 Å². The van der Waals surface area contributed by atoms with E-state index in [4.69, 9.17) is 4.74 Å². The van der Waals surface area contributed by atoms with Crippen LogP contribution in [0.2, 0.25) is 0 Å². The fourth-order valence-electron chi connectivity index (χ4n) is 2.09. The molecule has 0 heterocycles. The van der Waals surface area contributed by atoms with Crippen LogP contribution in [0.15, 0.2) is 18.2 Å². The van der Waals surface area contributed by atoms with E-state index < -0.39 is 0 Å². The summed E-state index contributed by atoms with van der Waals surface area (Å²) < 4.78 is 5.80. The third kappa shape index (κ3) is 4.76. The van der Waals surface area contributed by atoms with Crippen molar-refractivity contribution >= 4 is 6.03 Å². The molecule has 0 aromatic heterocycles. The monoisotopic (exact) mass is 278 g/mol. The summed E-state index contributed by atoms with van der Waals surface area (Å²) in [5.41, 5.74) is 2.30. The highest BCUT2D eigenvalue weighted by Crippen LogP contribution is 2.22. The molecule has 0 bridgehead atoms. The molecule has 0 aliphatic rings. The van der Waals surface area contributed by atoms with E-state index in [2.05, 4.69) is 5.32 Å². The molecule has 0 fully saturated rings. The summed E-state index contributed by atoms with van der Waals surface area (Å²) in [6, 6.07) is 6.12. The number of benzene rings is 1. The Balaban J connectivity index is 2.27. The number of aryl methyl sites for hydroxylation is 2. The summed E-state index contributed by atoms with van der Waals surface area (Å²) in [5.74, 6) is 0.961. The first-order valence-electron chi connectivity index (χ1n) is 7.31. The molecule has 4 nitrogen and oxygen atoms in total. The van der Waals surface area contributed by atoms with Crippen LogP contribution in [-0.2, 0) is 0 Å². The first-order valence-corrected chi connectivity index (χ1v) is 7.31. The molecule has 1 rings (SSSR count). The van der Waals surface area contributed by atoms with Crippen molar-refractivity contribution in [1.29, 1.82) is 0 Å². The molecular weight excluding hydrogens is 252 g/mol. The number of carbonyl (C=O) groups is 1. The summed E-state index contributed by atoms with van der Waals surface area (Å²) in [4.78, 5) is 13.5. The minimum Gasteiger partial charge on any atom is -0.493 e. The van der Waals surface area contributed by atoms with Crippen molar-refractivity contribution in [2.75, 3.05) is 26.2 Å². The zero-order chi connectivity index (χ0) is 15.0. The van der Waals surface area contributed by atoms with E-state index in [1.165, 1.54) is 0 Å². The van der Waals surface area contributed by atoms with Gasteiger partial charge in [0.25, 0.3) is 0 Å². The number of para-hydroxylation sites is 1. The van der Waals surface area contributed by atoms with Crippen molar-refractivity contribution in [1.82, 2.24) is 10.2 Å². The minimum absolute atomic E-state index is 0.00192. The number of nitrogens with zero attached hydrogens (tertiary/aromatic N) is 1. The van der Waals surface area contributed by atoms with Crippen molar-refractivity contribution in [3.05, 3.63) is 29.3 Å². The normalized spacial score (nSPS) is 10.2. The molecule has 0 spiro atoms. The maximum absolute atomic E-state index is 11.7. The van der Waals surface area contributed by atoms with E-state index in [1.807, 2.05) is 45.9 Å². The van der Waals surface area contributed by atoms with Gasteiger partial charge in [-0.05, 0) is 45.2 Å². The van der Waals surface area contributed by atoms with E-state index in [0.717, 1.165) is 36.4 Å². The van der Waals surface area contributed by atoms with Crippen LogP contribution in [0.1, 0.15) is 31.4 Å². The SMILES string of the molecule is CCN(CC)C(=O)NCCCOc1c(C)cccc1C. The molecule has 2 amide bonds. The number of carbonyl (C=O) groups excluding carboxylic acids is 1. The third-order valence-corrected chi connectivity index (χ3v) is 3.30. The Morgan fingerprint density at radius 1 is 1.20 bits per heavy atom. The van der Waals surface area contributed by atoms with Gasteiger partial charge in [-0.15, -0.1) is 0 Å². The standard InChI is InChI=1S/C16H26N2O2/c1-5-18(6-2)16(19)17-11-8-12-20-15-13(3)9-7-10-14(15)4/h7,9-10H,5-6,8,11-12H2,1-4H3,(H,17,19). The molecule has 20 heavy (non-hydrogen) atoms. The van der Waals surface area contributed by atoms with Gasteiger partial charge in [0.05, 0.1) is 6.61 Å². The summed E-state index contributed by atoms with van der Waals surface area (Å²) >= 11 is 0. The fraction of sp³-hybridized carbons (Fsp3) is 0.562. The minimum atomic E-state index is 0.00192. The second kappa shape index (κ2) is 8.46. The van der Waals surface area contributed by atoms with Crippen LogP contribution in [0.3, 0.4) is 0 Å². The maximum atomic E-state index is 11.7. The van der Waals surface area contributed by atoms with Gasteiger partial charge < -0.3 is 15.0 Å². The molecule has 1 aromatic carbocycles. The van der Waals surface area contributed by atoms with Gasteiger partial charge in [0, 0.05) is 19.6 Å². The number of nitrogens with one attached hydrogen (secondary N) is 1. The Labute approximate surface area is 122 Å². The summed E-state index contributed by atoms with van der Waals surface area (Å²) in [5, 5.41) is 2.91. The van der Waals surface area contributed by atoms with Crippen LogP contribution in [0.5, 0.6) is 5.75 Å². The van der Waals surface area contributed by atoms with Crippen LogP contribution >= 0.6 is 0 Å². The number of ether oxygens (including phenoxy) is 1. The second-order valence-electron chi connectivity index (χ2n) is 4.83. The summed E-state index contributed by atoms with van der Waals surface area (Å²) in [7, 11) is 0. The van der Waals surface area contributed by atoms with E-state index in [-0.39, 0.29) is 6.03 Å². The van der Waals surface area contributed by atoms with Crippen molar-refractivity contribution in [2.24, 2.45) is 0 Å². The Bertz CT molecular complexity index is 408. The maximum Gasteiger partial charge on any atom is 0.317 e. The number of hydrogen-bond acceptors (Lipinski definition) is 2. The lowest BCUT2D eigenvalue weighted by Gasteiger charge is -2.19. The van der Waals surface area contributed by atoms with Gasteiger partial charge in [0.15, 0.2) is 0 Å². The predicted octanol–water partition coefficient (Wildman–Crippen LogP) is 3.12.